The molecule has 4 N–H and O–H groups in total. The van der Waals surface area contributed by atoms with Crippen LogP contribution in [-0.2, 0) is 19.5 Å². The SMILES string of the molecule is Cc1c(Cc2ncnc3cc(CNCC(C)(C)O)cnc23)cccc1-c1cccc(Nc2nccc3cc(CN4CC[C@@H](O)C4)cnc23)c1C. The number of rotatable bonds is 11. The van der Waals surface area contributed by atoms with E-state index in [2.05, 4.69) is 86.8 Å². The first kappa shape index (κ1) is 33.6. The summed E-state index contributed by atoms with van der Waals surface area (Å²) in [4.78, 5) is 25.7. The minimum absolute atomic E-state index is 0.237. The fourth-order valence-corrected chi connectivity index (χ4v) is 6.81. The van der Waals surface area contributed by atoms with Gasteiger partial charge in [-0.25, -0.2) is 15.0 Å². The van der Waals surface area contributed by atoms with Crippen molar-refractivity contribution in [3.8, 4) is 11.1 Å². The molecule has 50 heavy (non-hydrogen) atoms. The predicted molar refractivity (Wildman–Crippen MR) is 198 cm³/mol. The van der Waals surface area contributed by atoms with Crippen molar-refractivity contribution in [2.45, 2.75) is 65.3 Å². The highest BCUT2D eigenvalue weighted by molar-refractivity contribution is 5.91. The number of β-amino-alcohol motifs (C(OH)–C–C–N with tert-alkyl or cyclic N) is 1. The molecule has 0 bridgehead atoms. The number of benzene rings is 2. The van der Waals surface area contributed by atoms with Gasteiger partial charge in [-0.15, -0.1) is 0 Å². The maximum atomic E-state index is 10.0. The number of fused-ring (bicyclic) bond motifs is 2. The summed E-state index contributed by atoms with van der Waals surface area (Å²) in [6, 6.07) is 19.0. The fourth-order valence-electron chi connectivity index (χ4n) is 6.81. The Morgan fingerprint density at radius 3 is 2.46 bits per heavy atom. The van der Waals surface area contributed by atoms with E-state index in [0.717, 1.165) is 86.5 Å². The first-order chi connectivity index (χ1) is 24.1. The van der Waals surface area contributed by atoms with Gasteiger partial charge >= 0.3 is 0 Å². The summed E-state index contributed by atoms with van der Waals surface area (Å²) in [5.74, 6) is 0.718. The zero-order valence-corrected chi connectivity index (χ0v) is 29.1. The number of hydrogen-bond acceptors (Lipinski definition) is 10. The van der Waals surface area contributed by atoms with Crippen LogP contribution in [0.15, 0.2) is 79.5 Å². The normalized spacial score (nSPS) is 15.3. The van der Waals surface area contributed by atoms with Crippen LogP contribution in [0.4, 0.5) is 11.5 Å². The molecule has 6 aromatic rings. The number of pyridine rings is 3. The molecular formula is C40H44N8O2. The lowest BCUT2D eigenvalue weighted by atomic mass is 9.91. The van der Waals surface area contributed by atoms with E-state index < -0.39 is 5.60 Å². The first-order valence-corrected chi connectivity index (χ1v) is 17.2. The molecular weight excluding hydrogens is 624 g/mol. The highest BCUT2D eigenvalue weighted by Crippen LogP contribution is 2.35. The van der Waals surface area contributed by atoms with Gasteiger partial charge in [0.1, 0.15) is 17.4 Å². The summed E-state index contributed by atoms with van der Waals surface area (Å²) in [6.07, 6.45) is 8.43. The Balaban J connectivity index is 1.12. The van der Waals surface area contributed by atoms with E-state index in [1.54, 1.807) is 20.2 Å². The second-order valence-electron chi connectivity index (χ2n) is 14.1. The summed E-state index contributed by atoms with van der Waals surface area (Å²) >= 11 is 0. The minimum Gasteiger partial charge on any atom is -0.392 e. The van der Waals surface area contributed by atoms with Crippen molar-refractivity contribution in [3.05, 3.63) is 113 Å². The average Bonchev–Trinajstić information content (AvgIpc) is 3.50. The van der Waals surface area contributed by atoms with Crippen LogP contribution < -0.4 is 10.6 Å². The van der Waals surface area contributed by atoms with E-state index in [-0.39, 0.29) is 6.10 Å². The summed E-state index contributed by atoms with van der Waals surface area (Å²) in [5.41, 5.74) is 11.4. The van der Waals surface area contributed by atoms with E-state index in [1.807, 2.05) is 30.7 Å². The molecule has 0 spiro atoms. The monoisotopic (exact) mass is 668 g/mol. The van der Waals surface area contributed by atoms with Gasteiger partial charge in [-0.05, 0) is 97.3 Å². The molecule has 4 aromatic heterocycles. The van der Waals surface area contributed by atoms with Crippen molar-refractivity contribution in [2.75, 3.05) is 25.0 Å². The van der Waals surface area contributed by atoms with Gasteiger partial charge in [-0.3, -0.25) is 14.9 Å². The van der Waals surface area contributed by atoms with E-state index in [1.165, 1.54) is 11.1 Å². The largest absolute Gasteiger partial charge is 0.392 e. The summed E-state index contributed by atoms with van der Waals surface area (Å²) in [5, 5.41) is 27.8. The fraction of sp³-hybridized carbons (Fsp3) is 0.325. The third kappa shape index (κ3) is 7.49. The minimum atomic E-state index is -0.779. The third-order valence-electron chi connectivity index (χ3n) is 9.49. The molecule has 0 radical (unpaired) electrons. The van der Waals surface area contributed by atoms with E-state index in [9.17, 15) is 10.2 Å². The van der Waals surface area contributed by atoms with Gasteiger partial charge in [-0.1, -0.05) is 30.3 Å². The zero-order chi connectivity index (χ0) is 34.8. The Labute approximate surface area is 292 Å². The number of anilines is 2. The standard InChI is InChI=1S/C40H44N8O2/c1-25-29(17-36-38-35(45-24-46-36)16-27(19-44-38)18-41-23-40(3,4)50)7-5-8-32(25)33-9-6-10-34(26(33)2)47-39-37-30(11-13-42-39)15-28(20-43-37)21-48-14-12-31(49)22-48/h5-11,13,15-16,19-20,24,31,41,49-50H,12,14,17-18,21-23H2,1-4H3,(H,42,47)/t31-/m1/s1. The second-order valence-corrected chi connectivity index (χ2v) is 14.1. The number of likely N-dealkylation sites (tertiary alicyclic amines) is 1. The highest BCUT2D eigenvalue weighted by Gasteiger charge is 2.21. The van der Waals surface area contributed by atoms with Crippen molar-refractivity contribution in [1.29, 1.82) is 0 Å². The van der Waals surface area contributed by atoms with Gasteiger partial charge in [0.05, 0.1) is 22.9 Å². The molecule has 0 saturated carbocycles. The van der Waals surface area contributed by atoms with Crippen LogP contribution in [0.3, 0.4) is 0 Å². The molecule has 5 heterocycles. The molecule has 256 valence electrons. The molecule has 10 heteroatoms. The zero-order valence-electron chi connectivity index (χ0n) is 29.1. The quantitative estimate of drug-likeness (QED) is 0.130. The molecule has 1 atom stereocenters. The summed E-state index contributed by atoms with van der Waals surface area (Å²) in [6.45, 7) is 11.3. The first-order valence-electron chi connectivity index (χ1n) is 17.2. The predicted octanol–water partition coefficient (Wildman–Crippen LogP) is 6.01. The van der Waals surface area contributed by atoms with Crippen molar-refractivity contribution >= 4 is 33.4 Å². The van der Waals surface area contributed by atoms with Gasteiger partial charge in [0, 0.05) is 68.8 Å². The number of nitrogens with one attached hydrogen (secondary N) is 2. The van der Waals surface area contributed by atoms with E-state index in [0.29, 0.717) is 26.1 Å². The topological polar surface area (TPSA) is 132 Å². The van der Waals surface area contributed by atoms with Gasteiger partial charge in [0.2, 0.25) is 0 Å². The van der Waals surface area contributed by atoms with Gasteiger partial charge in [0.25, 0.3) is 0 Å². The van der Waals surface area contributed by atoms with Gasteiger partial charge < -0.3 is 20.8 Å². The molecule has 1 aliphatic rings. The Morgan fingerprint density at radius 2 is 1.66 bits per heavy atom. The van der Waals surface area contributed by atoms with Crippen LogP contribution in [0, 0.1) is 13.8 Å². The Hall–Kier alpha value is -4.87. The smallest absolute Gasteiger partial charge is 0.156 e. The van der Waals surface area contributed by atoms with E-state index in [4.69, 9.17) is 9.97 Å². The molecule has 2 aromatic carbocycles. The molecule has 0 aliphatic carbocycles. The summed E-state index contributed by atoms with van der Waals surface area (Å²) in [7, 11) is 0. The van der Waals surface area contributed by atoms with E-state index >= 15 is 0 Å². The summed E-state index contributed by atoms with van der Waals surface area (Å²) < 4.78 is 0. The maximum absolute atomic E-state index is 10.0. The van der Waals surface area contributed by atoms with Gasteiger partial charge in [0.15, 0.2) is 5.82 Å². The molecule has 1 saturated heterocycles. The van der Waals surface area contributed by atoms with Gasteiger partial charge in [-0.2, -0.15) is 0 Å². The van der Waals surface area contributed by atoms with Crippen LogP contribution in [0.25, 0.3) is 33.1 Å². The number of aromatic nitrogens is 5. The molecule has 0 amide bonds. The van der Waals surface area contributed by atoms with Crippen molar-refractivity contribution in [2.24, 2.45) is 0 Å². The van der Waals surface area contributed by atoms with Crippen molar-refractivity contribution < 1.29 is 10.2 Å². The second kappa shape index (κ2) is 14.2. The Morgan fingerprint density at radius 1 is 0.880 bits per heavy atom. The van der Waals surface area contributed by atoms with Crippen LogP contribution in [0.5, 0.6) is 0 Å². The highest BCUT2D eigenvalue weighted by atomic mass is 16.3. The van der Waals surface area contributed by atoms with Crippen LogP contribution in [0.2, 0.25) is 0 Å². The number of aliphatic hydroxyl groups is 2. The average molecular weight is 669 g/mol. The molecule has 7 rings (SSSR count). The van der Waals surface area contributed by atoms with Crippen LogP contribution in [-0.4, -0.2) is 71.4 Å². The number of aliphatic hydroxyl groups excluding tert-OH is 1. The lowest BCUT2D eigenvalue weighted by molar-refractivity contribution is 0.0795. The molecule has 1 fully saturated rings. The van der Waals surface area contributed by atoms with Crippen molar-refractivity contribution in [1.82, 2.24) is 35.1 Å². The third-order valence-corrected chi connectivity index (χ3v) is 9.49. The Bertz CT molecular complexity index is 2160. The maximum Gasteiger partial charge on any atom is 0.156 e. The van der Waals surface area contributed by atoms with Crippen LogP contribution in [0.1, 0.15) is 53.8 Å². The van der Waals surface area contributed by atoms with Crippen molar-refractivity contribution in [3.63, 3.8) is 0 Å². The molecule has 0 unspecified atom stereocenters. The number of nitrogens with zero attached hydrogens (tertiary/aromatic N) is 6. The molecule has 1 aliphatic heterocycles. The lowest BCUT2D eigenvalue weighted by Gasteiger charge is -2.18. The van der Waals surface area contributed by atoms with Crippen LogP contribution >= 0.6 is 0 Å². The molecule has 10 nitrogen and oxygen atoms in total. The lowest BCUT2D eigenvalue weighted by Crippen LogP contribution is -2.34. The number of hydrogen-bond donors (Lipinski definition) is 4. The Kier molecular flexibility index (Phi) is 9.52.